The van der Waals surface area contributed by atoms with Crippen LogP contribution in [0.2, 0.25) is 5.02 Å². The zero-order chi connectivity index (χ0) is 23.2. The molecule has 7 heteroatoms. The molecule has 1 fully saturated rings. The molecule has 2 heterocycles. The van der Waals surface area contributed by atoms with E-state index in [0.29, 0.717) is 27.8 Å². The Hall–Kier alpha value is -2.86. The lowest BCUT2D eigenvalue weighted by atomic mass is 9.79. The number of carbonyl (C=O) groups is 1. The molecule has 2 aromatic heterocycles. The number of carbonyl (C=O) groups excluding carboxylic acids is 1. The Balaban J connectivity index is 1.34. The lowest BCUT2D eigenvalue weighted by Gasteiger charge is -2.27. The van der Waals surface area contributed by atoms with Crippen molar-refractivity contribution in [2.75, 3.05) is 5.32 Å². The minimum absolute atomic E-state index is 0.0794. The van der Waals surface area contributed by atoms with Gasteiger partial charge in [0.2, 0.25) is 5.91 Å². The van der Waals surface area contributed by atoms with E-state index in [0.717, 1.165) is 31.6 Å². The van der Waals surface area contributed by atoms with Gasteiger partial charge in [-0.2, -0.15) is 0 Å². The Kier molecular flexibility index (Phi) is 7.65. The van der Waals surface area contributed by atoms with Crippen molar-refractivity contribution in [2.45, 2.75) is 58.5 Å². The fraction of sp³-hybridized carbons (Fsp3) is 0.423. The summed E-state index contributed by atoms with van der Waals surface area (Å²) in [4.78, 5) is 29.5. The number of halogens is 1. The van der Waals surface area contributed by atoms with Gasteiger partial charge in [-0.15, -0.1) is 0 Å². The molecule has 1 aliphatic carbocycles. The second-order valence-corrected chi connectivity index (χ2v) is 9.26. The summed E-state index contributed by atoms with van der Waals surface area (Å²) in [6.45, 7) is 2.37. The number of anilines is 1. The van der Waals surface area contributed by atoms with Gasteiger partial charge in [-0.05, 0) is 55.9 Å². The Morgan fingerprint density at radius 2 is 2.00 bits per heavy atom. The van der Waals surface area contributed by atoms with Crippen LogP contribution in [0, 0.1) is 11.8 Å². The number of fused-ring (bicyclic) bond motifs is 1. The number of unbranched alkanes of at least 4 members (excludes halogenated alkanes) is 1. The summed E-state index contributed by atoms with van der Waals surface area (Å²) < 4.78 is 7.25. The molecule has 33 heavy (non-hydrogen) atoms. The average Bonchev–Trinajstić information content (AvgIpc) is 2.82. The predicted octanol–water partition coefficient (Wildman–Crippen LogP) is 5.86. The van der Waals surface area contributed by atoms with Gasteiger partial charge in [0.25, 0.3) is 5.56 Å². The first-order valence-corrected chi connectivity index (χ1v) is 12.1. The van der Waals surface area contributed by atoms with Crippen molar-refractivity contribution in [1.82, 2.24) is 9.38 Å². The number of amides is 1. The standard InChI is InChI=1S/C26H30ClN3O3/c1-2-3-5-18-8-10-19(11-9-18)26(32)29-21-6-4-7-23(14-21)33-17-22-15-25(31)30-16-20(27)12-13-24(30)28-22/h4,6-7,12-16,18-19H,2-3,5,8-11,17H2,1H3,(H,29,32). The molecule has 0 unspecified atom stereocenters. The highest BCUT2D eigenvalue weighted by Crippen LogP contribution is 2.32. The van der Waals surface area contributed by atoms with Gasteiger partial charge in [-0.1, -0.05) is 43.9 Å². The number of ether oxygens (including phenoxy) is 1. The van der Waals surface area contributed by atoms with Gasteiger partial charge >= 0.3 is 0 Å². The second-order valence-electron chi connectivity index (χ2n) is 8.83. The van der Waals surface area contributed by atoms with Crippen LogP contribution in [0.5, 0.6) is 5.75 Å². The van der Waals surface area contributed by atoms with Crippen molar-refractivity contribution in [3.8, 4) is 5.75 Å². The summed E-state index contributed by atoms with van der Waals surface area (Å²) in [7, 11) is 0. The first-order valence-electron chi connectivity index (χ1n) is 11.7. The van der Waals surface area contributed by atoms with E-state index in [1.165, 1.54) is 29.7 Å². The molecule has 0 radical (unpaired) electrons. The maximum Gasteiger partial charge on any atom is 0.258 e. The third kappa shape index (κ3) is 6.14. The molecule has 1 amide bonds. The number of pyridine rings is 1. The third-order valence-electron chi connectivity index (χ3n) is 6.35. The van der Waals surface area contributed by atoms with Crippen LogP contribution in [-0.4, -0.2) is 15.3 Å². The van der Waals surface area contributed by atoms with Gasteiger partial charge in [-0.25, -0.2) is 4.98 Å². The van der Waals surface area contributed by atoms with Crippen molar-refractivity contribution < 1.29 is 9.53 Å². The zero-order valence-electron chi connectivity index (χ0n) is 18.9. The third-order valence-corrected chi connectivity index (χ3v) is 6.57. The van der Waals surface area contributed by atoms with E-state index in [2.05, 4.69) is 17.2 Å². The molecule has 4 rings (SSSR count). The first kappa shape index (κ1) is 23.3. The fourth-order valence-electron chi connectivity index (χ4n) is 4.47. The lowest BCUT2D eigenvalue weighted by molar-refractivity contribution is -0.121. The summed E-state index contributed by atoms with van der Waals surface area (Å²) in [6.07, 6.45) is 9.57. The van der Waals surface area contributed by atoms with E-state index in [4.69, 9.17) is 16.3 Å². The smallest absolute Gasteiger partial charge is 0.258 e. The first-order chi connectivity index (χ1) is 16.0. The van der Waals surface area contributed by atoms with Gasteiger partial charge in [-0.3, -0.25) is 14.0 Å². The van der Waals surface area contributed by atoms with Crippen LogP contribution in [-0.2, 0) is 11.4 Å². The highest BCUT2D eigenvalue weighted by atomic mass is 35.5. The van der Waals surface area contributed by atoms with Crippen molar-refractivity contribution in [3.63, 3.8) is 0 Å². The lowest BCUT2D eigenvalue weighted by Crippen LogP contribution is -2.27. The Morgan fingerprint density at radius 3 is 2.79 bits per heavy atom. The molecule has 1 saturated carbocycles. The number of nitrogens with one attached hydrogen (secondary N) is 1. The molecule has 0 bridgehead atoms. The monoisotopic (exact) mass is 467 g/mol. The average molecular weight is 468 g/mol. The highest BCUT2D eigenvalue weighted by molar-refractivity contribution is 6.30. The molecule has 0 spiro atoms. The molecule has 6 nitrogen and oxygen atoms in total. The topological polar surface area (TPSA) is 72.7 Å². The van der Waals surface area contributed by atoms with Crippen LogP contribution in [0.15, 0.2) is 53.5 Å². The molecule has 0 atom stereocenters. The molecule has 1 aromatic carbocycles. The van der Waals surface area contributed by atoms with Crippen LogP contribution < -0.4 is 15.6 Å². The minimum Gasteiger partial charge on any atom is -0.487 e. The molecular weight excluding hydrogens is 438 g/mol. The van der Waals surface area contributed by atoms with E-state index < -0.39 is 0 Å². The summed E-state index contributed by atoms with van der Waals surface area (Å²) in [5.74, 6) is 1.55. The largest absolute Gasteiger partial charge is 0.487 e. The van der Waals surface area contributed by atoms with Crippen molar-refractivity contribution in [3.05, 3.63) is 69.7 Å². The van der Waals surface area contributed by atoms with E-state index in [-0.39, 0.29) is 24.0 Å². The zero-order valence-corrected chi connectivity index (χ0v) is 19.7. The van der Waals surface area contributed by atoms with E-state index in [1.807, 2.05) is 18.2 Å². The quantitative estimate of drug-likeness (QED) is 0.450. The molecule has 174 valence electrons. The molecule has 1 N–H and O–H groups in total. The highest BCUT2D eigenvalue weighted by Gasteiger charge is 2.26. The summed E-state index contributed by atoms with van der Waals surface area (Å²) in [5, 5.41) is 3.52. The number of hydrogen-bond donors (Lipinski definition) is 1. The molecule has 0 saturated heterocycles. The van der Waals surface area contributed by atoms with Gasteiger partial charge in [0.1, 0.15) is 18.0 Å². The summed E-state index contributed by atoms with van der Waals surface area (Å²) in [6, 6.07) is 12.2. The number of nitrogens with zero attached hydrogens (tertiary/aromatic N) is 2. The SMILES string of the molecule is CCCCC1CCC(C(=O)Nc2cccc(OCc3cc(=O)n4cc(Cl)ccc4n3)c2)CC1. The Labute approximate surface area is 198 Å². The Bertz CT molecular complexity index is 1170. The van der Waals surface area contributed by atoms with Gasteiger partial charge in [0.05, 0.1) is 10.7 Å². The maximum atomic E-state index is 12.8. The van der Waals surface area contributed by atoms with Gasteiger partial charge < -0.3 is 10.1 Å². The van der Waals surface area contributed by atoms with Crippen molar-refractivity contribution >= 4 is 28.8 Å². The van der Waals surface area contributed by atoms with Gasteiger partial charge in [0, 0.05) is 29.9 Å². The fourth-order valence-corrected chi connectivity index (χ4v) is 4.63. The minimum atomic E-state index is -0.216. The van der Waals surface area contributed by atoms with Crippen LogP contribution in [0.4, 0.5) is 5.69 Å². The van der Waals surface area contributed by atoms with Crippen molar-refractivity contribution in [2.24, 2.45) is 11.8 Å². The number of rotatable bonds is 8. The molecule has 0 aliphatic heterocycles. The summed E-state index contributed by atoms with van der Waals surface area (Å²) in [5.41, 5.74) is 1.53. The number of benzene rings is 1. The number of aromatic nitrogens is 2. The van der Waals surface area contributed by atoms with Crippen molar-refractivity contribution in [1.29, 1.82) is 0 Å². The second kappa shape index (κ2) is 10.8. The van der Waals surface area contributed by atoms with Gasteiger partial charge in [0.15, 0.2) is 0 Å². The van der Waals surface area contributed by atoms with Crippen LogP contribution in [0.25, 0.3) is 5.65 Å². The molecule has 1 aliphatic rings. The number of hydrogen-bond acceptors (Lipinski definition) is 4. The van der Waals surface area contributed by atoms with E-state index in [1.54, 1.807) is 24.4 Å². The maximum absolute atomic E-state index is 12.8. The Morgan fingerprint density at radius 1 is 1.18 bits per heavy atom. The van der Waals surface area contributed by atoms with Crippen LogP contribution in [0.1, 0.15) is 57.6 Å². The summed E-state index contributed by atoms with van der Waals surface area (Å²) >= 11 is 5.95. The normalized spacial score (nSPS) is 18.2. The van der Waals surface area contributed by atoms with Crippen LogP contribution in [0.3, 0.4) is 0 Å². The molecular formula is C26H30ClN3O3. The predicted molar refractivity (Wildman–Crippen MR) is 131 cm³/mol. The van der Waals surface area contributed by atoms with E-state index >= 15 is 0 Å². The van der Waals surface area contributed by atoms with Crippen LogP contribution >= 0.6 is 11.6 Å². The van der Waals surface area contributed by atoms with E-state index in [9.17, 15) is 9.59 Å². The molecule has 3 aromatic rings.